The topological polar surface area (TPSA) is 35.5 Å². The molecule has 1 aliphatic rings. The van der Waals surface area contributed by atoms with E-state index in [-0.39, 0.29) is 5.66 Å². The largest absolute Gasteiger partial charge is 0.337 e. The predicted octanol–water partition coefficient (Wildman–Crippen LogP) is 4.44. The van der Waals surface area contributed by atoms with Gasteiger partial charge < -0.3 is 9.05 Å². The molecule has 104 valence electrons. The Morgan fingerprint density at radius 3 is 2.25 bits per heavy atom. The lowest BCUT2D eigenvalue weighted by Gasteiger charge is -2.31. The van der Waals surface area contributed by atoms with Gasteiger partial charge in [-0.2, -0.15) is 0 Å². The lowest BCUT2D eigenvalue weighted by molar-refractivity contribution is 0.265. The van der Waals surface area contributed by atoms with Crippen molar-refractivity contribution in [3.8, 4) is 11.1 Å². The van der Waals surface area contributed by atoms with Crippen molar-refractivity contribution in [2.45, 2.75) is 12.1 Å². The second-order valence-corrected chi connectivity index (χ2v) is 7.30. The Kier molecular flexibility index (Phi) is 3.51. The molecule has 3 nitrogen and oxygen atoms in total. The fourth-order valence-electron chi connectivity index (χ4n) is 2.92. The van der Waals surface area contributed by atoms with E-state index in [2.05, 4.69) is 18.2 Å². The van der Waals surface area contributed by atoms with Crippen LogP contribution in [0.3, 0.4) is 0 Å². The molecule has 20 heavy (non-hydrogen) atoms. The SMILES string of the molecule is COP(=O)(OC)C1Cc2ccccc2-c2ccccc21. The first-order valence-electron chi connectivity index (χ1n) is 6.58. The normalized spacial score (nSPS) is 17.4. The van der Waals surface area contributed by atoms with E-state index in [4.69, 9.17) is 9.05 Å². The summed E-state index contributed by atoms with van der Waals surface area (Å²) >= 11 is 0. The minimum absolute atomic E-state index is 0.247. The minimum Gasteiger partial charge on any atom is -0.312 e. The second kappa shape index (κ2) is 5.17. The summed E-state index contributed by atoms with van der Waals surface area (Å²) in [5.41, 5.74) is 4.30. The van der Waals surface area contributed by atoms with Gasteiger partial charge in [-0.15, -0.1) is 0 Å². The van der Waals surface area contributed by atoms with Gasteiger partial charge in [0.05, 0.1) is 5.66 Å². The van der Waals surface area contributed by atoms with E-state index in [1.54, 1.807) is 0 Å². The van der Waals surface area contributed by atoms with Crippen molar-refractivity contribution in [2.24, 2.45) is 0 Å². The average Bonchev–Trinajstić information content (AvgIpc) is 2.53. The highest BCUT2D eigenvalue weighted by Crippen LogP contribution is 2.63. The van der Waals surface area contributed by atoms with Gasteiger partial charge in [-0.25, -0.2) is 0 Å². The van der Waals surface area contributed by atoms with E-state index < -0.39 is 7.60 Å². The van der Waals surface area contributed by atoms with Crippen LogP contribution in [0.5, 0.6) is 0 Å². The number of hydrogen-bond acceptors (Lipinski definition) is 3. The monoisotopic (exact) mass is 288 g/mol. The van der Waals surface area contributed by atoms with Crippen molar-refractivity contribution in [3.05, 3.63) is 59.7 Å². The quantitative estimate of drug-likeness (QED) is 0.783. The summed E-state index contributed by atoms with van der Waals surface area (Å²) in [5.74, 6) is 0. The summed E-state index contributed by atoms with van der Waals surface area (Å²) in [6.07, 6.45) is 0.673. The second-order valence-electron chi connectivity index (χ2n) is 4.87. The van der Waals surface area contributed by atoms with Crippen LogP contribution < -0.4 is 0 Å². The molecule has 1 atom stereocenters. The zero-order valence-electron chi connectivity index (χ0n) is 11.6. The smallest absolute Gasteiger partial charge is 0.312 e. The Labute approximate surface area is 119 Å². The summed E-state index contributed by atoms with van der Waals surface area (Å²) in [6, 6.07) is 16.3. The first kappa shape index (κ1) is 13.6. The number of benzene rings is 2. The lowest BCUT2D eigenvalue weighted by Crippen LogP contribution is -2.13. The Morgan fingerprint density at radius 2 is 1.55 bits per heavy atom. The molecule has 0 fully saturated rings. The zero-order valence-corrected chi connectivity index (χ0v) is 12.5. The van der Waals surface area contributed by atoms with Crippen LogP contribution in [-0.4, -0.2) is 14.2 Å². The standard InChI is InChI=1S/C16H17O3P/c1-18-20(17,19-2)16-11-12-7-3-4-8-13(12)14-9-5-6-10-15(14)16/h3-10,16H,11H2,1-2H3. The molecule has 0 aromatic heterocycles. The molecule has 0 bridgehead atoms. The van der Waals surface area contributed by atoms with Crippen molar-refractivity contribution < 1.29 is 13.6 Å². The minimum atomic E-state index is -3.14. The van der Waals surface area contributed by atoms with Gasteiger partial charge in [0, 0.05) is 14.2 Å². The van der Waals surface area contributed by atoms with Crippen LogP contribution in [0.25, 0.3) is 11.1 Å². The molecule has 1 unspecified atom stereocenters. The van der Waals surface area contributed by atoms with Gasteiger partial charge in [-0.3, -0.25) is 4.57 Å². The van der Waals surface area contributed by atoms with Crippen LogP contribution in [0.4, 0.5) is 0 Å². The third-order valence-electron chi connectivity index (χ3n) is 3.93. The van der Waals surface area contributed by atoms with Crippen molar-refractivity contribution in [1.29, 1.82) is 0 Å². The van der Waals surface area contributed by atoms with Crippen LogP contribution in [-0.2, 0) is 20.0 Å². The molecule has 0 aliphatic heterocycles. The number of hydrogen-bond donors (Lipinski definition) is 0. The van der Waals surface area contributed by atoms with E-state index in [9.17, 15) is 4.57 Å². The Morgan fingerprint density at radius 1 is 0.950 bits per heavy atom. The summed E-state index contributed by atoms with van der Waals surface area (Å²) in [5, 5.41) is 0. The summed E-state index contributed by atoms with van der Waals surface area (Å²) in [4.78, 5) is 0. The maximum atomic E-state index is 12.8. The molecule has 1 aliphatic carbocycles. The fourth-order valence-corrected chi connectivity index (χ4v) is 4.57. The van der Waals surface area contributed by atoms with Gasteiger partial charge in [0.25, 0.3) is 0 Å². The molecule has 0 N–H and O–H groups in total. The maximum Gasteiger partial charge on any atom is 0.337 e. The molecule has 3 rings (SSSR count). The molecule has 0 saturated carbocycles. The summed E-state index contributed by atoms with van der Waals surface area (Å²) in [6.45, 7) is 0. The Balaban J connectivity index is 2.21. The summed E-state index contributed by atoms with van der Waals surface area (Å²) in [7, 11) is -0.241. The van der Waals surface area contributed by atoms with E-state index in [0.717, 1.165) is 11.1 Å². The molecule has 0 heterocycles. The molecule has 4 heteroatoms. The lowest BCUT2D eigenvalue weighted by atomic mass is 9.85. The maximum absolute atomic E-state index is 12.8. The Bertz CT molecular complexity index is 673. The van der Waals surface area contributed by atoms with Crippen molar-refractivity contribution >= 4 is 7.60 Å². The van der Waals surface area contributed by atoms with E-state index >= 15 is 0 Å². The molecule has 2 aromatic carbocycles. The fraction of sp³-hybridized carbons (Fsp3) is 0.250. The van der Waals surface area contributed by atoms with Crippen molar-refractivity contribution in [1.82, 2.24) is 0 Å². The number of fused-ring (bicyclic) bond motifs is 3. The van der Waals surface area contributed by atoms with Crippen LogP contribution in [0.2, 0.25) is 0 Å². The average molecular weight is 288 g/mol. The molecular formula is C16H17O3P. The van der Waals surface area contributed by atoms with Crippen molar-refractivity contribution in [3.63, 3.8) is 0 Å². The first-order chi connectivity index (χ1) is 9.69. The van der Waals surface area contributed by atoms with E-state index in [1.165, 1.54) is 25.3 Å². The van der Waals surface area contributed by atoms with Gasteiger partial charge >= 0.3 is 7.60 Å². The van der Waals surface area contributed by atoms with Gasteiger partial charge in [0.15, 0.2) is 0 Å². The van der Waals surface area contributed by atoms with E-state index in [1.807, 2.05) is 30.3 Å². The number of rotatable bonds is 3. The third kappa shape index (κ3) is 2.03. The highest BCUT2D eigenvalue weighted by molar-refractivity contribution is 7.54. The summed E-state index contributed by atoms with van der Waals surface area (Å²) < 4.78 is 23.3. The van der Waals surface area contributed by atoms with Gasteiger partial charge in [0.1, 0.15) is 0 Å². The van der Waals surface area contributed by atoms with Gasteiger partial charge in [-0.05, 0) is 28.7 Å². The highest BCUT2D eigenvalue weighted by Gasteiger charge is 2.39. The molecule has 2 aromatic rings. The van der Waals surface area contributed by atoms with Crippen molar-refractivity contribution in [2.75, 3.05) is 14.2 Å². The van der Waals surface area contributed by atoms with Crippen LogP contribution in [0.15, 0.2) is 48.5 Å². The molecule has 0 amide bonds. The van der Waals surface area contributed by atoms with Gasteiger partial charge in [0.2, 0.25) is 0 Å². The molecule has 0 spiro atoms. The van der Waals surface area contributed by atoms with Crippen LogP contribution >= 0.6 is 7.60 Å². The molecule has 0 radical (unpaired) electrons. The van der Waals surface area contributed by atoms with Gasteiger partial charge in [-0.1, -0.05) is 48.5 Å². The first-order valence-corrected chi connectivity index (χ1v) is 8.19. The zero-order chi connectivity index (χ0) is 14.2. The predicted molar refractivity (Wildman–Crippen MR) is 79.9 cm³/mol. The van der Waals surface area contributed by atoms with E-state index in [0.29, 0.717) is 6.42 Å². The third-order valence-corrected chi connectivity index (χ3v) is 6.17. The van der Waals surface area contributed by atoms with Crippen LogP contribution in [0.1, 0.15) is 16.8 Å². The van der Waals surface area contributed by atoms with Crippen LogP contribution in [0, 0.1) is 0 Å². The molecule has 0 saturated heterocycles. The Hall–Kier alpha value is -1.41. The highest BCUT2D eigenvalue weighted by atomic mass is 31.2. The molecular weight excluding hydrogens is 271 g/mol.